The normalized spacial score (nSPS) is 10.1. The van der Waals surface area contributed by atoms with Crippen LogP contribution in [0.1, 0.15) is 10.4 Å². The highest BCUT2D eigenvalue weighted by Gasteiger charge is 2.14. The molecule has 0 aliphatic carbocycles. The number of rotatable bonds is 3. The number of para-hydroxylation sites is 1. The Balaban J connectivity index is 2.31. The van der Waals surface area contributed by atoms with Crippen molar-refractivity contribution in [2.75, 3.05) is 17.7 Å². The Bertz CT molecular complexity index is 596. The van der Waals surface area contributed by atoms with E-state index in [0.717, 1.165) is 0 Å². The number of pyridine rings is 1. The number of hydrogen-bond donors (Lipinski definition) is 2. The maximum atomic E-state index is 12.2. The Morgan fingerprint density at radius 2 is 1.84 bits per heavy atom. The van der Waals surface area contributed by atoms with Crippen LogP contribution in [0.4, 0.5) is 11.5 Å². The van der Waals surface area contributed by atoms with Crippen LogP contribution in [-0.2, 0) is 0 Å². The van der Waals surface area contributed by atoms with E-state index in [2.05, 4.69) is 15.6 Å². The van der Waals surface area contributed by atoms with Gasteiger partial charge in [0.25, 0.3) is 5.91 Å². The first kappa shape index (κ1) is 13.6. The Morgan fingerprint density at radius 3 is 2.47 bits per heavy atom. The van der Waals surface area contributed by atoms with Crippen molar-refractivity contribution in [2.45, 2.75) is 0 Å². The standard InChI is InChI=1S/C13H11Cl2N3O/c1-16-12-8(4-3-7-17-12)13(19)18-11-9(14)5-2-6-10(11)15/h2-7H,1H3,(H,16,17)(H,18,19). The van der Waals surface area contributed by atoms with Gasteiger partial charge in [0.1, 0.15) is 5.82 Å². The van der Waals surface area contributed by atoms with Crippen LogP contribution in [0.15, 0.2) is 36.5 Å². The van der Waals surface area contributed by atoms with E-state index in [1.165, 1.54) is 0 Å². The number of halogens is 2. The van der Waals surface area contributed by atoms with Crippen molar-refractivity contribution in [1.29, 1.82) is 0 Å². The molecule has 0 aliphatic rings. The van der Waals surface area contributed by atoms with Gasteiger partial charge < -0.3 is 10.6 Å². The molecule has 0 aliphatic heterocycles. The summed E-state index contributed by atoms with van der Waals surface area (Å²) in [6.07, 6.45) is 1.60. The van der Waals surface area contributed by atoms with Gasteiger partial charge in [0, 0.05) is 13.2 Å². The molecule has 0 atom stereocenters. The maximum absolute atomic E-state index is 12.2. The molecule has 1 heterocycles. The largest absolute Gasteiger partial charge is 0.372 e. The van der Waals surface area contributed by atoms with Crippen LogP contribution in [0.5, 0.6) is 0 Å². The smallest absolute Gasteiger partial charge is 0.259 e. The van der Waals surface area contributed by atoms with Crippen molar-refractivity contribution >= 4 is 40.6 Å². The number of nitrogens with one attached hydrogen (secondary N) is 2. The highest BCUT2D eigenvalue weighted by molar-refractivity contribution is 6.40. The molecule has 2 aromatic rings. The molecule has 0 radical (unpaired) electrons. The summed E-state index contributed by atoms with van der Waals surface area (Å²) >= 11 is 12.0. The molecule has 1 amide bonds. The molecule has 0 fully saturated rings. The first-order chi connectivity index (χ1) is 9.13. The van der Waals surface area contributed by atoms with E-state index in [4.69, 9.17) is 23.2 Å². The van der Waals surface area contributed by atoms with Gasteiger partial charge in [0.2, 0.25) is 0 Å². The highest BCUT2D eigenvalue weighted by Crippen LogP contribution is 2.30. The maximum Gasteiger partial charge on any atom is 0.259 e. The summed E-state index contributed by atoms with van der Waals surface area (Å²) in [7, 11) is 1.70. The minimum absolute atomic E-state index is 0.326. The number of carbonyl (C=O) groups excluding carboxylic acids is 1. The predicted molar refractivity (Wildman–Crippen MR) is 78.2 cm³/mol. The average Bonchev–Trinajstić information content (AvgIpc) is 2.42. The van der Waals surface area contributed by atoms with Crippen molar-refractivity contribution in [3.8, 4) is 0 Å². The van der Waals surface area contributed by atoms with E-state index in [9.17, 15) is 4.79 Å². The minimum Gasteiger partial charge on any atom is -0.372 e. The number of aromatic nitrogens is 1. The summed E-state index contributed by atoms with van der Waals surface area (Å²) in [5.74, 6) is 0.163. The number of amides is 1. The van der Waals surface area contributed by atoms with Crippen molar-refractivity contribution in [1.82, 2.24) is 4.98 Å². The second kappa shape index (κ2) is 5.91. The van der Waals surface area contributed by atoms with Gasteiger partial charge in [-0.15, -0.1) is 0 Å². The highest BCUT2D eigenvalue weighted by atomic mass is 35.5. The summed E-state index contributed by atoms with van der Waals surface area (Å²) in [6, 6.07) is 8.38. The molecule has 6 heteroatoms. The fourth-order valence-electron chi connectivity index (χ4n) is 1.59. The van der Waals surface area contributed by atoms with E-state index in [-0.39, 0.29) is 5.91 Å². The van der Waals surface area contributed by atoms with Gasteiger partial charge in [0.05, 0.1) is 21.3 Å². The molecule has 0 unspecified atom stereocenters. The molecule has 0 bridgehead atoms. The van der Waals surface area contributed by atoms with E-state index >= 15 is 0 Å². The third kappa shape index (κ3) is 2.97. The second-order valence-electron chi connectivity index (χ2n) is 3.70. The topological polar surface area (TPSA) is 54.0 Å². The lowest BCUT2D eigenvalue weighted by molar-refractivity contribution is 0.102. The Labute approximate surface area is 120 Å². The molecule has 0 saturated heterocycles. The van der Waals surface area contributed by atoms with Gasteiger partial charge in [-0.05, 0) is 24.3 Å². The molecule has 2 rings (SSSR count). The first-order valence-corrected chi connectivity index (χ1v) is 6.27. The second-order valence-corrected chi connectivity index (χ2v) is 4.51. The van der Waals surface area contributed by atoms with Crippen LogP contribution in [0.25, 0.3) is 0 Å². The lowest BCUT2D eigenvalue weighted by Gasteiger charge is -2.11. The van der Waals surface area contributed by atoms with Gasteiger partial charge in [0.15, 0.2) is 0 Å². The summed E-state index contributed by atoms with van der Waals surface area (Å²) in [4.78, 5) is 16.3. The molecule has 19 heavy (non-hydrogen) atoms. The van der Waals surface area contributed by atoms with Gasteiger partial charge in [-0.1, -0.05) is 29.3 Å². The van der Waals surface area contributed by atoms with Crippen molar-refractivity contribution in [2.24, 2.45) is 0 Å². The van der Waals surface area contributed by atoms with Gasteiger partial charge in [-0.25, -0.2) is 4.98 Å². The summed E-state index contributed by atoms with van der Waals surface area (Å²) in [5, 5.41) is 6.31. The van der Waals surface area contributed by atoms with Gasteiger partial charge in [-0.2, -0.15) is 0 Å². The molecule has 2 N–H and O–H groups in total. The zero-order valence-corrected chi connectivity index (χ0v) is 11.6. The lowest BCUT2D eigenvalue weighted by atomic mass is 10.2. The van der Waals surface area contributed by atoms with Crippen LogP contribution in [0.2, 0.25) is 10.0 Å². The minimum atomic E-state index is -0.326. The fourth-order valence-corrected chi connectivity index (χ4v) is 2.08. The number of hydrogen-bond acceptors (Lipinski definition) is 3. The molecule has 4 nitrogen and oxygen atoms in total. The monoisotopic (exact) mass is 295 g/mol. The third-order valence-electron chi connectivity index (χ3n) is 2.49. The molecule has 1 aromatic carbocycles. The Morgan fingerprint density at radius 1 is 1.16 bits per heavy atom. The number of nitrogens with zero attached hydrogens (tertiary/aromatic N) is 1. The van der Waals surface area contributed by atoms with E-state index < -0.39 is 0 Å². The molecular weight excluding hydrogens is 285 g/mol. The summed E-state index contributed by atoms with van der Waals surface area (Å²) in [5.41, 5.74) is 0.808. The number of benzene rings is 1. The number of carbonyl (C=O) groups is 1. The Hall–Kier alpha value is -1.78. The molecular formula is C13H11Cl2N3O. The molecule has 98 valence electrons. The Kier molecular flexibility index (Phi) is 4.24. The van der Waals surface area contributed by atoms with E-state index in [0.29, 0.717) is 27.1 Å². The quantitative estimate of drug-likeness (QED) is 0.908. The fraction of sp³-hybridized carbons (Fsp3) is 0.0769. The van der Waals surface area contributed by atoms with Gasteiger partial charge >= 0.3 is 0 Å². The zero-order chi connectivity index (χ0) is 13.8. The van der Waals surface area contributed by atoms with E-state index in [1.807, 2.05) is 0 Å². The van der Waals surface area contributed by atoms with Gasteiger partial charge in [-0.3, -0.25) is 4.79 Å². The van der Waals surface area contributed by atoms with Crippen molar-refractivity contribution < 1.29 is 4.79 Å². The van der Waals surface area contributed by atoms with Crippen molar-refractivity contribution in [3.05, 3.63) is 52.1 Å². The van der Waals surface area contributed by atoms with Crippen LogP contribution in [0.3, 0.4) is 0 Å². The molecule has 0 saturated carbocycles. The van der Waals surface area contributed by atoms with Crippen LogP contribution in [-0.4, -0.2) is 17.9 Å². The first-order valence-electron chi connectivity index (χ1n) is 5.51. The molecule has 1 aromatic heterocycles. The lowest BCUT2D eigenvalue weighted by Crippen LogP contribution is -2.15. The van der Waals surface area contributed by atoms with E-state index in [1.54, 1.807) is 43.6 Å². The predicted octanol–water partition coefficient (Wildman–Crippen LogP) is 3.68. The number of anilines is 2. The SMILES string of the molecule is CNc1ncccc1C(=O)Nc1c(Cl)cccc1Cl. The summed E-state index contributed by atoms with van der Waals surface area (Å²) < 4.78 is 0. The third-order valence-corrected chi connectivity index (χ3v) is 3.12. The van der Waals surface area contributed by atoms with Crippen LogP contribution in [0, 0.1) is 0 Å². The van der Waals surface area contributed by atoms with Crippen LogP contribution >= 0.6 is 23.2 Å². The summed E-state index contributed by atoms with van der Waals surface area (Å²) in [6.45, 7) is 0. The molecule has 0 spiro atoms. The van der Waals surface area contributed by atoms with Crippen molar-refractivity contribution in [3.63, 3.8) is 0 Å². The zero-order valence-electron chi connectivity index (χ0n) is 10.1. The average molecular weight is 296 g/mol. The van der Waals surface area contributed by atoms with Crippen LogP contribution < -0.4 is 10.6 Å².